The van der Waals surface area contributed by atoms with Crippen LogP contribution in [-0.2, 0) is 16.1 Å². The summed E-state index contributed by atoms with van der Waals surface area (Å²) in [6, 6.07) is 9.57. The van der Waals surface area contributed by atoms with Crippen molar-refractivity contribution in [2.75, 3.05) is 6.54 Å². The van der Waals surface area contributed by atoms with Crippen molar-refractivity contribution in [1.82, 2.24) is 5.48 Å². The van der Waals surface area contributed by atoms with Crippen LogP contribution in [0.25, 0.3) is 0 Å². The SMILES string of the molecule is CC(C)CCNOC(=O)Cc1ccccc1. The summed E-state index contributed by atoms with van der Waals surface area (Å²) < 4.78 is 0. The first-order chi connectivity index (χ1) is 7.68. The Labute approximate surface area is 96.8 Å². The van der Waals surface area contributed by atoms with Crippen molar-refractivity contribution in [2.24, 2.45) is 5.92 Å². The lowest BCUT2D eigenvalue weighted by Crippen LogP contribution is -2.23. The zero-order chi connectivity index (χ0) is 11.8. The van der Waals surface area contributed by atoms with E-state index in [0.29, 0.717) is 18.9 Å². The first kappa shape index (κ1) is 12.7. The van der Waals surface area contributed by atoms with E-state index < -0.39 is 0 Å². The minimum atomic E-state index is -0.241. The molecule has 0 radical (unpaired) electrons. The van der Waals surface area contributed by atoms with Crippen LogP contribution in [0.1, 0.15) is 25.8 Å². The molecule has 88 valence electrons. The van der Waals surface area contributed by atoms with Crippen molar-refractivity contribution < 1.29 is 9.63 Å². The lowest BCUT2D eigenvalue weighted by atomic mass is 10.1. The molecule has 0 aliphatic heterocycles. The van der Waals surface area contributed by atoms with Gasteiger partial charge in [-0.15, -0.1) is 0 Å². The minimum absolute atomic E-state index is 0.241. The van der Waals surface area contributed by atoms with Crippen molar-refractivity contribution in [3.8, 4) is 0 Å². The molecule has 16 heavy (non-hydrogen) atoms. The molecule has 0 saturated carbocycles. The summed E-state index contributed by atoms with van der Waals surface area (Å²) in [5, 5.41) is 0. The van der Waals surface area contributed by atoms with Gasteiger partial charge in [-0.2, -0.15) is 5.48 Å². The fraction of sp³-hybridized carbons (Fsp3) is 0.462. The summed E-state index contributed by atoms with van der Waals surface area (Å²) in [5.74, 6) is 0.371. The van der Waals surface area contributed by atoms with Gasteiger partial charge in [0.15, 0.2) is 0 Å². The first-order valence-electron chi connectivity index (χ1n) is 5.65. The number of benzene rings is 1. The van der Waals surface area contributed by atoms with Gasteiger partial charge in [-0.05, 0) is 17.9 Å². The number of hydrogen-bond donors (Lipinski definition) is 1. The minimum Gasteiger partial charge on any atom is -0.370 e. The second-order valence-electron chi connectivity index (χ2n) is 4.21. The fourth-order valence-corrected chi connectivity index (χ4v) is 1.28. The Bertz CT molecular complexity index is 309. The van der Waals surface area contributed by atoms with Gasteiger partial charge in [0.05, 0.1) is 6.42 Å². The highest BCUT2D eigenvalue weighted by Crippen LogP contribution is 2.00. The molecule has 3 heteroatoms. The first-order valence-corrected chi connectivity index (χ1v) is 5.65. The van der Waals surface area contributed by atoms with Crippen LogP contribution in [0, 0.1) is 5.92 Å². The molecule has 0 bridgehead atoms. The normalized spacial score (nSPS) is 10.4. The van der Waals surface area contributed by atoms with Crippen LogP contribution in [0.3, 0.4) is 0 Å². The van der Waals surface area contributed by atoms with Crippen LogP contribution in [0.15, 0.2) is 30.3 Å². The molecule has 3 nitrogen and oxygen atoms in total. The molecule has 1 rings (SSSR count). The lowest BCUT2D eigenvalue weighted by molar-refractivity contribution is -0.150. The number of carbonyl (C=O) groups is 1. The van der Waals surface area contributed by atoms with Crippen molar-refractivity contribution in [1.29, 1.82) is 0 Å². The Morgan fingerprint density at radius 1 is 1.31 bits per heavy atom. The van der Waals surface area contributed by atoms with E-state index in [1.165, 1.54) is 0 Å². The fourth-order valence-electron chi connectivity index (χ4n) is 1.28. The van der Waals surface area contributed by atoms with Crippen LogP contribution < -0.4 is 5.48 Å². The van der Waals surface area contributed by atoms with Gasteiger partial charge < -0.3 is 4.84 Å². The molecule has 0 unspecified atom stereocenters. The summed E-state index contributed by atoms with van der Waals surface area (Å²) in [4.78, 5) is 16.3. The molecule has 0 aliphatic rings. The highest BCUT2D eigenvalue weighted by molar-refractivity contribution is 5.72. The van der Waals surface area contributed by atoms with Crippen LogP contribution in [0.5, 0.6) is 0 Å². The zero-order valence-corrected chi connectivity index (χ0v) is 9.90. The molecular weight excluding hydrogens is 202 g/mol. The Morgan fingerprint density at radius 2 is 2.00 bits per heavy atom. The number of hydrogen-bond acceptors (Lipinski definition) is 3. The van der Waals surface area contributed by atoms with E-state index in [-0.39, 0.29) is 5.97 Å². The van der Waals surface area contributed by atoms with Gasteiger partial charge in [0.2, 0.25) is 0 Å². The third-order valence-corrected chi connectivity index (χ3v) is 2.20. The number of hydroxylamine groups is 1. The average molecular weight is 221 g/mol. The molecule has 0 amide bonds. The van der Waals surface area contributed by atoms with Gasteiger partial charge in [-0.1, -0.05) is 44.2 Å². The maximum absolute atomic E-state index is 11.4. The molecule has 0 fully saturated rings. The van der Waals surface area contributed by atoms with E-state index in [0.717, 1.165) is 12.0 Å². The van der Waals surface area contributed by atoms with E-state index in [4.69, 9.17) is 4.84 Å². The van der Waals surface area contributed by atoms with Crippen molar-refractivity contribution in [3.63, 3.8) is 0 Å². The largest absolute Gasteiger partial charge is 0.370 e. The topological polar surface area (TPSA) is 38.3 Å². The van der Waals surface area contributed by atoms with Crippen LogP contribution in [0.2, 0.25) is 0 Å². The molecule has 1 aromatic carbocycles. The van der Waals surface area contributed by atoms with Crippen LogP contribution in [0.4, 0.5) is 0 Å². The van der Waals surface area contributed by atoms with Gasteiger partial charge in [0.25, 0.3) is 0 Å². The summed E-state index contributed by atoms with van der Waals surface area (Å²) in [7, 11) is 0. The molecule has 0 spiro atoms. The lowest BCUT2D eigenvalue weighted by Gasteiger charge is -2.07. The summed E-state index contributed by atoms with van der Waals surface area (Å²) in [5.41, 5.74) is 3.66. The summed E-state index contributed by atoms with van der Waals surface area (Å²) >= 11 is 0. The monoisotopic (exact) mass is 221 g/mol. The second kappa shape index (κ2) is 7.01. The highest BCUT2D eigenvalue weighted by atomic mass is 16.7. The molecule has 0 saturated heterocycles. The Kier molecular flexibility index (Phi) is 5.57. The standard InChI is InChI=1S/C13H19NO2/c1-11(2)8-9-14-16-13(15)10-12-6-4-3-5-7-12/h3-7,11,14H,8-10H2,1-2H3. The van der Waals surface area contributed by atoms with Crippen LogP contribution in [-0.4, -0.2) is 12.5 Å². The van der Waals surface area contributed by atoms with Crippen molar-refractivity contribution in [3.05, 3.63) is 35.9 Å². The van der Waals surface area contributed by atoms with Crippen molar-refractivity contribution >= 4 is 5.97 Å². The van der Waals surface area contributed by atoms with E-state index in [9.17, 15) is 4.79 Å². The number of carbonyl (C=O) groups excluding carboxylic acids is 1. The van der Waals surface area contributed by atoms with Gasteiger partial charge in [-0.3, -0.25) is 4.79 Å². The van der Waals surface area contributed by atoms with Gasteiger partial charge >= 0.3 is 5.97 Å². The molecule has 0 aromatic heterocycles. The van der Waals surface area contributed by atoms with E-state index in [1.807, 2.05) is 30.3 Å². The number of rotatable bonds is 6. The summed E-state index contributed by atoms with van der Waals surface area (Å²) in [6.45, 7) is 4.97. The average Bonchev–Trinajstić information content (AvgIpc) is 2.25. The Hall–Kier alpha value is -1.35. The third-order valence-electron chi connectivity index (χ3n) is 2.20. The summed E-state index contributed by atoms with van der Waals surface area (Å²) in [6.07, 6.45) is 1.31. The Balaban J connectivity index is 2.17. The highest BCUT2D eigenvalue weighted by Gasteiger charge is 2.04. The predicted molar refractivity (Wildman–Crippen MR) is 63.7 cm³/mol. The van der Waals surface area contributed by atoms with Gasteiger partial charge in [-0.25, -0.2) is 0 Å². The molecule has 0 atom stereocenters. The van der Waals surface area contributed by atoms with Crippen LogP contribution >= 0.6 is 0 Å². The maximum Gasteiger partial charge on any atom is 0.329 e. The smallest absolute Gasteiger partial charge is 0.329 e. The van der Waals surface area contributed by atoms with E-state index >= 15 is 0 Å². The molecule has 0 heterocycles. The predicted octanol–water partition coefficient (Wildman–Crippen LogP) is 2.32. The number of nitrogens with one attached hydrogen (secondary N) is 1. The van der Waals surface area contributed by atoms with E-state index in [1.54, 1.807) is 0 Å². The van der Waals surface area contributed by atoms with Gasteiger partial charge in [0.1, 0.15) is 0 Å². The molecule has 1 N–H and O–H groups in total. The maximum atomic E-state index is 11.4. The zero-order valence-electron chi connectivity index (χ0n) is 9.90. The second-order valence-corrected chi connectivity index (χ2v) is 4.21. The van der Waals surface area contributed by atoms with E-state index in [2.05, 4.69) is 19.3 Å². The molecule has 0 aliphatic carbocycles. The van der Waals surface area contributed by atoms with Crippen molar-refractivity contribution in [2.45, 2.75) is 26.7 Å². The molecular formula is C13H19NO2. The van der Waals surface area contributed by atoms with Gasteiger partial charge in [0, 0.05) is 6.54 Å². The third kappa shape index (κ3) is 5.51. The Morgan fingerprint density at radius 3 is 2.62 bits per heavy atom. The molecule has 1 aromatic rings. The quantitative estimate of drug-likeness (QED) is 0.592.